The van der Waals surface area contributed by atoms with E-state index in [2.05, 4.69) is 15.3 Å². The zero-order valence-corrected chi connectivity index (χ0v) is 6.58. The van der Waals surface area contributed by atoms with Gasteiger partial charge in [-0.15, -0.1) is 0 Å². The molecule has 2 heterocycles. The van der Waals surface area contributed by atoms with Crippen molar-refractivity contribution < 1.29 is 9.57 Å². The zero-order chi connectivity index (χ0) is 7.78. The van der Waals surface area contributed by atoms with Gasteiger partial charge in [0.2, 0.25) is 0 Å². The van der Waals surface area contributed by atoms with E-state index in [1.807, 2.05) is 0 Å². The molecule has 1 saturated heterocycles. The smallest absolute Gasteiger partial charge is 0.122 e. The lowest BCUT2D eigenvalue weighted by molar-refractivity contribution is 0.109. The Morgan fingerprint density at radius 3 is 2.18 bits per heavy atom. The third kappa shape index (κ3) is 4.75. The molecule has 2 aliphatic rings. The topological polar surface area (TPSA) is 42.9 Å². The number of nitrogens with zero attached hydrogens (tertiary/aromatic N) is 1. The van der Waals surface area contributed by atoms with Crippen molar-refractivity contribution >= 4 is 6.21 Å². The molecule has 0 aromatic carbocycles. The minimum atomic E-state index is 0.778. The molecule has 64 valence electrons. The standard InChI is InChI=1S/C4H9NO.C3H5NO/c1-3-6-4-2-5-1;1-2-4-5-3-1/h5H,1-4H2;2H,1,3H2. The molecule has 0 aromatic heterocycles. The summed E-state index contributed by atoms with van der Waals surface area (Å²) in [4.78, 5) is 4.51. The predicted octanol–water partition coefficient (Wildman–Crippen LogP) is -0.00130. The van der Waals surface area contributed by atoms with Gasteiger partial charge in [-0.25, -0.2) is 0 Å². The number of oxime groups is 1. The Balaban J connectivity index is 0.000000112. The molecule has 0 atom stereocenters. The molecule has 0 saturated carbocycles. The minimum Gasteiger partial charge on any atom is -0.396 e. The highest BCUT2D eigenvalue weighted by molar-refractivity contribution is 5.57. The Bertz CT molecular complexity index is 95.5. The van der Waals surface area contributed by atoms with Crippen molar-refractivity contribution in [3.63, 3.8) is 0 Å². The van der Waals surface area contributed by atoms with Gasteiger partial charge in [0.15, 0.2) is 0 Å². The number of nitrogens with one attached hydrogen (secondary N) is 1. The average Bonchev–Trinajstić information content (AvgIpc) is 2.64. The van der Waals surface area contributed by atoms with Crippen molar-refractivity contribution in [1.82, 2.24) is 5.32 Å². The van der Waals surface area contributed by atoms with Gasteiger partial charge in [0.05, 0.1) is 13.2 Å². The van der Waals surface area contributed by atoms with E-state index in [9.17, 15) is 0 Å². The van der Waals surface area contributed by atoms with E-state index in [0.717, 1.165) is 39.3 Å². The van der Waals surface area contributed by atoms with Gasteiger partial charge >= 0.3 is 0 Å². The number of morpholine rings is 1. The summed E-state index contributed by atoms with van der Waals surface area (Å²) >= 11 is 0. The molecule has 0 unspecified atom stereocenters. The van der Waals surface area contributed by atoms with Crippen molar-refractivity contribution in [3.05, 3.63) is 0 Å². The highest BCUT2D eigenvalue weighted by atomic mass is 16.6. The summed E-state index contributed by atoms with van der Waals surface area (Å²) < 4.78 is 5.01. The molecule has 4 nitrogen and oxygen atoms in total. The van der Waals surface area contributed by atoms with Crippen LogP contribution < -0.4 is 5.32 Å². The van der Waals surface area contributed by atoms with E-state index in [-0.39, 0.29) is 0 Å². The van der Waals surface area contributed by atoms with Gasteiger partial charge in [-0.2, -0.15) is 0 Å². The van der Waals surface area contributed by atoms with Crippen LogP contribution in [-0.2, 0) is 9.57 Å². The molecule has 4 heteroatoms. The summed E-state index contributed by atoms with van der Waals surface area (Å²) in [6.07, 6.45) is 2.75. The minimum absolute atomic E-state index is 0.778. The van der Waals surface area contributed by atoms with Crippen LogP contribution in [0.5, 0.6) is 0 Å². The van der Waals surface area contributed by atoms with Crippen molar-refractivity contribution in [2.24, 2.45) is 5.16 Å². The Morgan fingerprint density at radius 2 is 2.00 bits per heavy atom. The fraction of sp³-hybridized carbons (Fsp3) is 0.857. The monoisotopic (exact) mass is 158 g/mol. The highest BCUT2D eigenvalue weighted by Crippen LogP contribution is 1.86. The second kappa shape index (κ2) is 6.12. The van der Waals surface area contributed by atoms with Gasteiger partial charge in [0.25, 0.3) is 0 Å². The molecule has 2 aliphatic heterocycles. The van der Waals surface area contributed by atoms with Gasteiger partial charge in [0, 0.05) is 25.7 Å². The lowest BCUT2D eigenvalue weighted by Crippen LogP contribution is -2.30. The fourth-order valence-corrected chi connectivity index (χ4v) is 0.779. The second-order valence-corrected chi connectivity index (χ2v) is 2.27. The summed E-state index contributed by atoms with van der Waals surface area (Å²) in [5.41, 5.74) is 0. The third-order valence-corrected chi connectivity index (χ3v) is 1.33. The van der Waals surface area contributed by atoms with Crippen LogP contribution in [0.2, 0.25) is 0 Å². The van der Waals surface area contributed by atoms with Gasteiger partial charge in [-0.05, 0) is 0 Å². The van der Waals surface area contributed by atoms with E-state index < -0.39 is 0 Å². The van der Waals surface area contributed by atoms with E-state index >= 15 is 0 Å². The maximum Gasteiger partial charge on any atom is 0.122 e. The molecule has 2 rings (SSSR count). The molecule has 0 aliphatic carbocycles. The summed E-state index contributed by atoms with van der Waals surface area (Å²) in [6, 6.07) is 0. The van der Waals surface area contributed by atoms with E-state index in [0.29, 0.717) is 0 Å². The molecule has 11 heavy (non-hydrogen) atoms. The molecule has 0 spiro atoms. The van der Waals surface area contributed by atoms with Gasteiger partial charge in [-0.1, -0.05) is 5.16 Å². The quantitative estimate of drug-likeness (QED) is 0.539. The number of ether oxygens (including phenoxy) is 1. The first kappa shape index (κ1) is 8.49. The highest BCUT2D eigenvalue weighted by Gasteiger charge is 1.92. The first-order chi connectivity index (χ1) is 5.50. The summed E-state index contributed by atoms with van der Waals surface area (Å²) in [7, 11) is 0. The predicted molar refractivity (Wildman–Crippen MR) is 42.7 cm³/mol. The summed E-state index contributed by atoms with van der Waals surface area (Å²) in [5.74, 6) is 0. The number of rotatable bonds is 0. The molecule has 0 bridgehead atoms. The molecule has 0 amide bonds. The Hall–Kier alpha value is -0.610. The Labute approximate surface area is 66.5 Å². The third-order valence-electron chi connectivity index (χ3n) is 1.33. The molecule has 0 aromatic rings. The van der Waals surface area contributed by atoms with Gasteiger partial charge < -0.3 is 14.9 Å². The second-order valence-electron chi connectivity index (χ2n) is 2.27. The van der Waals surface area contributed by atoms with Crippen LogP contribution in [0.15, 0.2) is 5.16 Å². The van der Waals surface area contributed by atoms with Crippen molar-refractivity contribution in [1.29, 1.82) is 0 Å². The normalized spacial score (nSPS) is 21.8. The van der Waals surface area contributed by atoms with Crippen molar-refractivity contribution in [2.45, 2.75) is 6.42 Å². The van der Waals surface area contributed by atoms with Crippen LogP contribution in [0.4, 0.5) is 0 Å². The molecular weight excluding hydrogens is 144 g/mol. The lowest BCUT2D eigenvalue weighted by atomic mass is 10.5. The molecular formula is C7H14N2O2. The summed E-state index contributed by atoms with van der Waals surface area (Å²) in [6.45, 7) is 4.61. The molecule has 1 N–H and O–H groups in total. The maximum atomic E-state index is 5.01. The average molecular weight is 158 g/mol. The number of hydrogen-bond donors (Lipinski definition) is 1. The van der Waals surface area contributed by atoms with Crippen LogP contribution in [0.25, 0.3) is 0 Å². The van der Waals surface area contributed by atoms with Crippen molar-refractivity contribution in [3.8, 4) is 0 Å². The van der Waals surface area contributed by atoms with Crippen LogP contribution in [0.1, 0.15) is 6.42 Å². The van der Waals surface area contributed by atoms with Crippen LogP contribution >= 0.6 is 0 Å². The first-order valence-corrected chi connectivity index (χ1v) is 3.92. The van der Waals surface area contributed by atoms with Crippen molar-refractivity contribution in [2.75, 3.05) is 32.9 Å². The zero-order valence-electron chi connectivity index (χ0n) is 6.58. The maximum absolute atomic E-state index is 5.01. The van der Waals surface area contributed by atoms with E-state index in [1.54, 1.807) is 6.21 Å². The Morgan fingerprint density at radius 1 is 1.18 bits per heavy atom. The Kier molecular flexibility index (Phi) is 4.72. The van der Waals surface area contributed by atoms with Gasteiger partial charge in [-0.3, -0.25) is 0 Å². The number of hydrogen-bond acceptors (Lipinski definition) is 4. The van der Waals surface area contributed by atoms with E-state index in [1.165, 1.54) is 0 Å². The van der Waals surface area contributed by atoms with Crippen LogP contribution in [-0.4, -0.2) is 39.1 Å². The largest absolute Gasteiger partial charge is 0.396 e. The van der Waals surface area contributed by atoms with Gasteiger partial charge in [0.1, 0.15) is 6.61 Å². The van der Waals surface area contributed by atoms with Crippen LogP contribution in [0, 0.1) is 0 Å². The molecule has 0 radical (unpaired) electrons. The van der Waals surface area contributed by atoms with Crippen LogP contribution in [0.3, 0.4) is 0 Å². The molecule has 1 fully saturated rings. The summed E-state index contributed by atoms with van der Waals surface area (Å²) in [5, 5.41) is 6.62. The first-order valence-electron chi connectivity index (χ1n) is 3.92. The van der Waals surface area contributed by atoms with E-state index in [4.69, 9.17) is 4.74 Å². The lowest BCUT2D eigenvalue weighted by Gasteiger charge is -2.10. The SMILES string of the molecule is C1=NOCC1.C1COCCN1. The fourth-order valence-electron chi connectivity index (χ4n) is 0.779.